The SMILES string of the molecule is NC(=O)c1cc(S(=O)(=O)c2ccc(Cl)cc2)sc1CC(=O)C1(O)CC1. The Bertz CT molecular complexity index is 959. The Morgan fingerprint density at radius 2 is 1.84 bits per heavy atom. The fourth-order valence-electron chi connectivity index (χ4n) is 2.31. The smallest absolute Gasteiger partial charge is 0.249 e. The summed E-state index contributed by atoms with van der Waals surface area (Å²) in [5, 5.41) is 10.3. The quantitative estimate of drug-likeness (QED) is 0.770. The number of rotatable bonds is 6. The van der Waals surface area contributed by atoms with Gasteiger partial charge in [0.05, 0.1) is 10.5 Å². The molecular weight excluding hydrogens is 386 g/mol. The van der Waals surface area contributed by atoms with Gasteiger partial charge in [-0.2, -0.15) is 0 Å². The molecule has 25 heavy (non-hydrogen) atoms. The van der Waals surface area contributed by atoms with Crippen molar-refractivity contribution < 1.29 is 23.1 Å². The summed E-state index contributed by atoms with van der Waals surface area (Å²) in [6, 6.07) is 6.79. The van der Waals surface area contributed by atoms with E-state index in [-0.39, 0.29) is 26.0 Å². The van der Waals surface area contributed by atoms with Gasteiger partial charge in [0.25, 0.3) is 0 Å². The lowest BCUT2D eigenvalue weighted by molar-refractivity contribution is -0.128. The summed E-state index contributed by atoms with van der Waals surface area (Å²) in [7, 11) is -3.87. The maximum Gasteiger partial charge on any atom is 0.249 e. The number of carbonyl (C=O) groups excluding carboxylic acids is 2. The second kappa shape index (κ2) is 6.21. The van der Waals surface area contributed by atoms with E-state index < -0.39 is 27.1 Å². The molecule has 132 valence electrons. The molecule has 0 aliphatic heterocycles. The number of hydrogen-bond donors (Lipinski definition) is 2. The third kappa shape index (κ3) is 3.48. The number of halogens is 1. The van der Waals surface area contributed by atoms with E-state index in [0.717, 1.165) is 11.3 Å². The van der Waals surface area contributed by atoms with Gasteiger partial charge in [0.15, 0.2) is 5.78 Å². The zero-order chi connectivity index (χ0) is 18.4. The van der Waals surface area contributed by atoms with Crippen LogP contribution in [0.25, 0.3) is 0 Å². The maximum absolute atomic E-state index is 12.7. The van der Waals surface area contributed by atoms with Crippen LogP contribution in [0.2, 0.25) is 5.02 Å². The monoisotopic (exact) mass is 399 g/mol. The molecule has 9 heteroatoms. The molecule has 1 aliphatic carbocycles. The Morgan fingerprint density at radius 1 is 1.24 bits per heavy atom. The number of thiophene rings is 1. The number of benzene rings is 1. The van der Waals surface area contributed by atoms with Crippen LogP contribution in [0.5, 0.6) is 0 Å². The van der Waals surface area contributed by atoms with Crippen molar-refractivity contribution in [3.8, 4) is 0 Å². The van der Waals surface area contributed by atoms with E-state index in [9.17, 15) is 23.1 Å². The van der Waals surface area contributed by atoms with E-state index in [1.54, 1.807) is 0 Å². The van der Waals surface area contributed by atoms with Crippen LogP contribution < -0.4 is 5.73 Å². The van der Waals surface area contributed by atoms with Gasteiger partial charge in [-0.05, 0) is 43.2 Å². The van der Waals surface area contributed by atoms with Crippen LogP contribution in [0.15, 0.2) is 39.4 Å². The predicted molar refractivity (Wildman–Crippen MR) is 92.6 cm³/mol. The molecule has 3 N–H and O–H groups in total. The number of Topliss-reactive ketones (excluding diaryl/α,β-unsaturated/α-hetero) is 1. The molecule has 0 spiro atoms. The van der Waals surface area contributed by atoms with Crippen molar-refractivity contribution in [1.29, 1.82) is 0 Å². The Kier molecular flexibility index (Phi) is 4.48. The van der Waals surface area contributed by atoms with Gasteiger partial charge in [0.2, 0.25) is 15.7 Å². The van der Waals surface area contributed by atoms with Gasteiger partial charge in [0, 0.05) is 16.3 Å². The van der Waals surface area contributed by atoms with Crippen LogP contribution in [-0.4, -0.2) is 30.8 Å². The highest BCUT2D eigenvalue weighted by Crippen LogP contribution is 2.38. The van der Waals surface area contributed by atoms with E-state index in [0.29, 0.717) is 17.9 Å². The van der Waals surface area contributed by atoms with Crippen molar-refractivity contribution in [2.75, 3.05) is 0 Å². The van der Waals surface area contributed by atoms with Gasteiger partial charge in [-0.25, -0.2) is 8.42 Å². The Balaban J connectivity index is 1.99. The van der Waals surface area contributed by atoms with Gasteiger partial charge in [-0.3, -0.25) is 9.59 Å². The first-order valence-electron chi connectivity index (χ1n) is 7.32. The molecule has 0 bridgehead atoms. The molecule has 0 saturated heterocycles. The fraction of sp³-hybridized carbons (Fsp3) is 0.250. The van der Waals surface area contributed by atoms with Gasteiger partial charge in [0.1, 0.15) is 9.81 Å². The first kappa shape index (κ1) is 18.1. The summed E-state index contributed by atoms with van der Waals surface area (Å²) in [4.78, 5) is 24.0. The van der Waals surface area contributed by atoms with E-state index in [2.05, 4.69) is 0 Å². The summed E-state index contributed by atoms with van der Waals surface area (Å²) in [6.45, 7) is 0. The molecule has 0 atom stereocenters. The molecule has 3 rings (SSSR count). The molecule has 6 nitrogen and oxygen atoms in total. The molecule has 1 saturated carbocycles. The molecule has 1 aliphatic rings. The minimum atomic E-state index is -3.87. The second-order valence-electron chi connectivity index (χ2n) is 5.86. The number of aliphatic hydroxyl groups is 1. The molecule has 0 unspecified atom stereocenters. The molecular formula is C16H14ClNO5S2. The Labute approximate surface area is 153 Å². The first-order valence-corrected chi connectivity index (χ1v) is 10.00. The van der Waals surface area contributed by atoms with Crippen LogP contribution >= 0.6 is 22.9 Å². The summed E-state index contributed by atoms with van der Waals surface area (Å²) in [6.07, 6.45) is 0.521. The molecule has 2 aromatic rings. The molecule has 1 aromatic carbocycles. The standard InChI is InChI=1S/C16H14ClNO5S2/c17-9-1-3-10(4-2-9)25(22,23)14-7-11(15(18)20)12(24-14)8-13(19)16(21)5-6-16/h1-4,7,21H,5-6,8H2,(H2,18,20). The zero-order valence-electron chi connectivity index (χ0n) is 12.9. The van der Waals surface area contributed by atoms with Gasteiger partial charge in [-0.1, -0.05) is 11.6 Å². The number of carbonyl (C=O) groups is 2. The number of nitrogens with two attached hydrogens (primary N) is 1. The van der Waals surface area contributed by atoms with E-state index in [4.69, 9.17) is 17.3 Å². The Morgan fingerprint density at radius 3 is 2.36 bits per heavy atom. The van der Waals surface area contributed by atoms with Gasteiger partial charge < -0.3 is 10.8 Å². The number of hydrogen-bond acceptors (Lipinski definition) is 6. The minimum Gasteiger partial charge on any atom is -0.382 e. The second-order valence-corrected chi connectivity index (χ2v) is 9.61. The highest BCUT2D eigenvalue weighted by atomic mass is 35.5. The minimum absolute atomic E-state index is 0.0184. The maximum atomic E-state index is 12.7. The lowest BCUT2D eigenvalue weighted by Crippen LogP contribution is -2.24. The lowest BCUT2D eigenvalue weighted by Gasteiger charge is -2.05. The fourth-order valence-corrected chi connectivity index (χ4v) is 5.36. The Hall–Kier alpha value is -1.74. The van der Waals surface area contributed by atoms with E-state index in [1.807, 2.05) is 0 Å². The largest absolute Gasteiger partial charge is 0.382 e. The number of amides is 1. The lowest BCUT2D eigenvalue weighted by atomic mass is 10.1. The molecule has 1 fully saturated rings. The van der Waals surface area contributed by atoms with Gasteiger partial charge in [-0.15, -0.1) is 11.3 Å². The number of ketones is 1. The topological polar surface area (TPSA) is 115 Å². The molecule has 1 aromatic heterocycles. The van der Waals surface area contributed by atoms with Crippen molar-refractivity contribution in [3.63, 3.8) is 0 Å². The normalized spacial score (nSPS) is 15.8. The van der Waals surface area contributed by atoms with Crippen LogP contribution in [0.1, 0.15) is 28.1 Å². The summed E-state index contributed by atoms with van der Waals surface area (Å²) in [5.74, 6) is -1.26. The van der Waals surface area contributed by atoms with Crippen LogP contribution in [0.3, 0.4) is 0 Å². The summed E-state index contributed by atoms with van der Waals surface area (Å²) in [5.41, 5.74) is 3.94. The van der Waals surface area contributed by atoms with Crippen molar-refractivity contribution in [2.24, 2.45) is 5.73 Å². The van der Waals surface area contributed by atoms with Crippen LogP contribution in [0, 0.1) is 0 Å². The average molecular weight is 400 g/mol. The first-order chi connectivity index (χ1) is 11.6. The zero-order valence-corrected chi connectivity index (χ0v) is 15.2. The highest BCUT2D eigenvalue weighted by Gasteiger charge is 2.47. The molecule has 0 radical (unpaired) electrons. The van der Waals surface area contributed by atoms with Crippen molar-refractivity contribution >= 4 is 44.5 Å². The van der Waals surface area contributed by atoms with Crippen LogP contribution in [0.4, 0.5) is 0 Å². The van der Waals surface area contributed by atoms with Crippen molar-refractivity contribution in [3.05, 3.63) is 45.8 Å². The molecule has 1 heterocycles. The van der Waals surface area contributed by atoms with E-state index in [1.165, 1.54) is 30.3 Å². The van der Waals surface area contributed by atoms with Gasteiger partial charge >= 0.3 is 0 Å². The number of sulfone groups is 1. The third-order valence-corrected chi connectivity index (χ3v) is 7.63. The van der Waals surface area contributed by atoms with E-state index >= 15 is 0 Å². The van der Waals surface area contributed by atoms with Crippen molar-refractivity contribution in [2.45, 2.75) is 34.0 Å². The highest BCUT2D eigenvalue weighted by molar-refractivity contribution is 7.93. The van der Waals surface area contributed by atoms with Crippen molar-refractivity contribution in [1.82, 2.24) is 0 Å². The average Bonchev–Trinajstić information content (AvgIpc) is 3.15. The summed E-state index contributed by atoms with van der Waals surface area (Å²) >= 11 is 6.58. The third-order valence-electron chi connectivity index (χ3n) is 4.00. The predicted octanol–water partition coefficient (Wildman–Crippen LogP) is 1.97. The summed E-state index contributed by atoms with van der Waals surface area (Å²) < 4.78 is 25.3. The number of primary amides is 1. The molecule has 1 amide bonds. The van der Waals surface area contributed by atoms with Crippen LogP contribution in [-0.2, 0) is 21.1 Å².